The molecule has 8 heteroatoms. The number of hydrogen-bond acceptors (Lipinski definition) is 6. The predicted molar refractivity (Wildman–Crippen MR) is 99.3 cm³/mol. The molecule has 7 nitrogen and oxygen atoms in total. The van der Waals surface area contributed by atoms with Gasteiger partial charge in [-0.1, -0.05) is 43.4 Å². The van der Waals surface area contributed by atoms with Gasteiger partial charge in [-0.25, -0.2) is 9.97 Å². The van der Waals surface area contributed by atoms with Crippen LogP contribution in [0.15, 0.2) is 10.7 Å². The van der Waals surface area contributed by atoms with Crippen molar-refractivity contribution < 1.29 is 9.32 Å². The number of carbonyl (C=O) groups is 1. The summed E-state index contributed by atoms with van der Waals surface area (Å²) in [6.45, 7) is 4.15. The second kappa shape index (κ2) is 7.95. The topological polar surface area (TPSA) is 86.7 Å². The van der Waals surface area contributed by atoms with E-state index in [-0.39, 0.29) is 5.78 Å². The summed E-state index contributed by atoms with van der Waals surface area (Å²) in [5, 5.41) is 9.27. The highest BCUT2D eigenvalue weighted by atomic mass is 35.5. The number of fused-ring (bicyclic) bond motifs is 1. The minimum absolute atomic E-state index is 0.0237. The molecule has 0 saturated heterocycles. The average Bonchev–Trinajstić information content (AvgIpc) is 3.22. The van der Waals surface area contributed by atoms with E-state index in [1.807, 2.05) is 0 Å². The van der Waals surface area contributed by atoms with Gasteiger partial charge in [0.2, 0.25) is 11.5 Å². The van der Waals surface area contributed by atoms with Gasteiger partial charge in [-0.3, -0.25) is 9.48 Å². The van der Waals surface area contributed by atoms with E-state index in [4.69, 9.17) is 16.1 Å². The molecule has 0 atom stereocenters. The maximum atomic E-state index is 12.5. The van der Waals surface area contributed by atoms with E-state index in [1.165, 1.54) is 0 Å². The van der Waals surface area contributed by atoms with Crippen molar-refractivity contribution in [2.45, 2.75) is 52.4 Å². The smallest absolute Gasteiger partial charge is 0.206 e. The summed E-state index contributed by atoms with van der Waals surface area (Å²) in [6.07, 6.45) is 6.46. The van der Waals surface area contributed by atoms with Crippen LogP contribution in [0, 0.1) is 0 Å². The quantitative estimate of drug-likeness (QED) is 0.428. The Morgan fingerprint density at radius 1 is 1.23 bits per heavy atom. The van der Waals surface area contributed by atoms with Crippen LogP contribution >= 0.6 is 11.6 Å². The van der Waals surface area contributed by atoms with Crippen LogP contribution in [0.5, 0.6) is 0 Å². The van der Waals surface area contributed by atoms with Crippen molar-refractivity contribution in [3.8, 4) is 11.5 Å². The van der Waals surface area contributed by atoms with E-state index in [2.05, 4.69) is 34.1 Å². The minimum atomic E-state index is -0.0237. The molecule has 0 saturated carbocycles. The number of unbranched alkanes of at least 4 members (excludes halogenated alkanes) is 2. The summed E-state index contributed by atoms with van der Waals surface area (Å²) in [6, 6.07) is 0. The van der Waals surface area contributed by atoms with Crippen molar-refractivity contribution in [2.75, 3.05) is 0 Å². The van der Waals surface area contributed by atoms with Crippen molar-refractivity contribution in [1.82, 2.24) is 24.9 Å². The fourth-order valence-corrected chi connectivity index (χ4v) is 3.05. The Hall–Kier alpha value is -2.28. The summed E-state index contributed by atoms with van der Waals surface area (Å²) >= 11 is 6.29. The highest BCUT2D eigenvalue weighted by Crippen LogP contribution is 2.29. The Bertz CT molecular complexity index is 931. The fourth-order valence-electron chi connectivity index (χ4n) is 2.83. The molecule has 26 heavy (non-hydrogen) atoms. The van der Waals surface area contributed by atoms with Gasteiger partial charge in [-0.15, -0.1) is 0 Å². The van der Waals surface area contributed by atoms with Crippen molar-refractivity contribution in [1.29, 1.82) is 0 Å². The number of aromatic nitrogens is 5. The van der Waals surface area contributed by atoms with Crippen LogP contribution in [0.2, 0.25) is 5.15 Å². The number of ketones is 1. The Kier molecular flexibility index (Phi) is 5.66. The summed E-state index contributed by atoms with van der Waals surface area (Å²) in [7, 11) is 1.79. The Balaban J connectivity index is 2.08. The molecule has 0 aliphatic heterocycles. The highest BCUT2D eigenvalue weighted by Gasteiger charge is 2.25. The second-order valence-corrected chi connectivity index (χ2v) is 6.67. The molecule has 0 aromatic carbocycles. The summed E-state index contributed by atoms with van der Waals surface area (Å²) < 4.78 is 7.06. The Labute approximate surface area is 156 Å². The van der Waals surface area contributed by atoms with E-state index < -0.39 is 0 Å². The van der Waals surface area contributed by atoms with Crippen molar-refractivity contribution in [3.05, 3.63) is 22.7 Å². The molecule has 3 heterocycles. The zero-order valence-corrected chi connectivity index (χ0v) is 16.0. The molecular formula is C18H22ClN5O2. The van der Waals surface area contributed by atoms with Gasteiger partial charge >= 0.3 is 0 Å². The standard InChI is InChI=1S/C18H22ClN5O2/c1-4-6-8-11-14(23-26-15(11)13(25)9-7-5-2)17-21-16(19)12-10-20-24(3)18(12)22-17/h10H,4-9H2,1-3H3. The maximum Gasteiger partial charge on any atom is 0.206 e. The van der Waals surface area contributed by atoms with E-state index >= 15 is 0 Å². The summed E-state index contributed by atoms with van der Waals surface area (Å²) in [4.78, 5) is 21.4. The number of aryl methyl sites for hydroxylation is 1. The van der Waals surface area contributed by atoms with Gasteiger partial charge in [0.05, 0.1) is 11.6 Å². The summed E-state index contributed by atoms with van der Waals surface area (Å²) in [5.41, 5.74) is 1.87. The number of halogens is 1. The lowest BCUT2D eigenvalue weighted by atomic mass is 10.0. The molecule has 0 bridgehead atoms. The normalized spacial score (nSPS) is 11.4. The number of carbonyl (C=O) groups excluding carboxylic acids is 1. The zero-order chi connectivity index (χ0) is 18.7. The molecule has 3 aromatic heterocycles. The molecule has 0 N–H and O–H groups in total. The predicted octanol–water partition coefficient (Wildman–Crippen LogP) is 4.39. The van der Waals surface area contributed by atoms with Crippen LogP contribution in [0.1, 0.15) is 62.1 Å². The van der Waals surface area contributed by atoms with Gasteiger partial charge in [0.15, 0.2) is 17.2 Å². The zero-order valence-electron chi connectivity index (χ0n) is 15.3. The van der Waals surface area contributed by atoms with E-state index in [0.717, 1.165) is 31.2 Å². The van der Waals surface area contributed by atoms with E-state index in [9.17, 15) is 4.79 Å². The van der Waals surface area contributed by atoms with Gasteiger partial charge < -0.3 is 4.52 Å². The second-order valence-electron chi connectivity index (χ2n) is 6.31. The molecule has 0 spiro atoms. The molecule has 0 unspecified atom stereocenters. The van der Waals surface area contributed by atoms with Crippen LogP contribution < -0.4 is 0 Å². The van der Waals surface area contributed by atoms with Gasteiger partial charge in [0, 0.05) is 19.0 Å². The molecule has 0 amide bonds. The van der Waals surface area contributed by atoms with Crippen LogP contribution in [0.3, 0.4) is 0 Å². The SMILES string of the molecule is CCCCC(=O)c1onc(-c2nc(Cl)c3cnn(C)c3n2)c1CCCC. The first kappa shape index (κ1) is 18.5. The van der Waals surface area contributed by atoms with Crippen LogP contribution in [-0.4, -0.2) is 30.7 Å². The molecule has 3 aromatic rings. The van der Waals surface area contributed by atoms with Crippen LogP contribution in [-0.2, 0) is 13.5 Å². The maximum absolute atomic E-state index is 12.5. The molecule has 0 aliphatic carbocycles. The largest absolute Gasteiger partial charge is 0.352 e. The van der Waals surface area contributed by atoms with Gasteiger partial charge in [0.1, 0.15) is 5.15 Å². The van der Waals surface area contributed by atoms with Gasteiger partial charge in [-0.2, -0.15) is 5.10 Å². The third-order valence-corrected chi connectivity index (χ3v) is 4.62. The molecule has 0 fully saturated rings. The first-order valence-electron chi connectivity index (χ1n) is 8.94. The lowest BCUT2D eigenvalue weighted by Gasteiger charge is -2.04. The number of hydrogen-bond donors (Lipinski definition) is 0. The summed E-state index contributed by atoms with van der Waals surface area (Å²) in [5.74, 6) is 0.659. The third-order valence-electron chi connectivity index (χ3n) is 4.34. The molecule has 3 rings (SSSR count). The van der Waals surface area contributed by atoms with Gasteiger partial charge in [-0.05, 0) is 19.3 Å². The Morgan fingerprint density at radius 2 is 2.00 bits per heavy atom. The van der Waals surface area contributed by atoms with Gasteiger partial charge in [0.25, 0.3) is 0 Å². The lowest BCUT2D eigenvalue weighted by molar-refractivity contribution is 0.0942. The first-order chi connectivity index (χ1) is 12.6. The number of Topliss-reactive ketones (excluding diaryl/α,β-unsaturated/α-hetero) is 1. The average molecular weight is 376 g/mol. The van der Waals surface area contributed by atoms with Crippen LogP contribution in [0.25, 0.3) is 22.6 Å². The van der Waals surface area contributed by atoms with Crippen LogP contribution in [0.4, 0.5) is 0 Å². The first-order valence-corrected chi connectivity index (χ1v) is 9.31. The van der Waals surface area contributed by atoms with E-state index in [0.29, 0.717) is 46.3 Å². The molecule has 0 radical (unpaired) electrons. The highest BCUT2D eigenvalue weighted by molar-refractivity contribution is 6.34. The lowest BCUT2D eigenvalue weighted by Crippen LogP contribution is -2.03. The molecular weight excluding hydrogens is 354 g/mol. The molecule has 138 valence electrons. The number of rotatable bonds is 8. The molecule has 0 aliphatic rings. The van der Waals surface area contributed by atoms with Crippen molar-refractivity contribution in [2.24, 2.45) is 7.05 Å². The van der Waals surface area contributed by atoms with E-state index in [1.54, 1.807) is 17.9 Å². The monoisotopic (exact) mass is 375 g/mol. The Morgan fingerprint density at radius 3 is 2.73 bits per heavy atom. The van der Waals surface area contributed by atoms with Crippen molar-refractivity contribution >= 4 is 28.4 Å². The number of nitrogens with zero attached hydrogens (tertiary/aromatic N) is 5. The minimum Gasteiger partial charge on any atom is -0.352 e. The third kappa shape index (κ3) is 3.49. The van der Waals surface area contributed by atoms with Crippen molar-refractivity contribution in [3.63, 3.8) is 0 Å². The fraction of sp³-hybridized carbons (Fsp3) is 0.500.